The molecule has 64 valence electrons. The van der Waals surface area contributed by atoms with Gasteiger partial charge in [0.2, 0.25) is 0 Å². The summed E-state index contributed by atoms with van der Waals surface area (Å²) in [6, 6.07) is 0.516. The van der Waals surface area contributed by atoms with Gasteiger partial charge in [-0.2, -0.15) is 0 Å². The van der Waals surface area contributed by atoms with E-state index in [2.05, 4.69) is 26.0 Å². The second-order valence-electron chi connectivity index (χ2n) is 3.18. The van der Waals surface area contributed by atoms with E-state index < -0.39 is 0 Å². The highest BCUT2D eigenvalue weighted by Gasteiger charge is 2.20. The first-order chi connectivity index (χ1) is 5.20. The third kappa shape index (κ3) is 3.07. The van der Waals surface area contributed by atoms with Crippen molar-refractivity contribution in [1.29, 1.82) is 0 Å². The van der Waals surface area contributed by atoms with Crippen LogP contribution in [0.1, 0.15) is 32.6 Å². The van der Waals surface area contributed by atoms with Crippen molar-refractivity contribution in [3.63, 3.8) is 0 Å². The molecule has 0 aliphatic carbocycles. The number of piperidine rings is 1. The molecule has 0 unspecified atom stereocenters. The largest absolute Gasteiger partial charge is 0.300 e. The highest BCUT2D eigenvalue weighted by molar-refractivity contribution is 14.1. The number of nitrogens with zero attached hydrogens (tertiary/aromatic N) is 1. The fourth-order valence-corrected chi connectivity index (χ4v) is 2.32. The molecule has 0 aromatic rings. The molecule has 3 heteroatoms. The zero-order valence-electron chi connectivity index (χ0n) is 6.85. The van der Waals surface area contributed by atoms with E-state index in [4.69, 9.17) is 0 Å². The minimum absolute atomic E-state index is 0.318. The Morgan fingerprint density at radius 2 is 2.36 bits per heavy atom. The SMILES string of the molecule is CC(=O)C[C@@H]1CCCCN1I. The number of carbonyl (C=O) groups excluding carboxylic acids is 1. The van der Waals surface area contributed by atoms with Gasteiger partial charge in [0.1, 0.15) is 5.78 Å². The number of Topliss-reactive ketones (excluding diaryl/α,β-unsaturated/α-hetero) is 1. The van der Waals surface area contributed by atoms with E-state index in [-0.39, 0.29) is 0 Å². The molecule has 1 aliphatic rings. The van der Waals surface area contributed by atoms with Gasteiger partial charge in [-0.1, -0.05) is 6.42 Å². The number of halogens is 1. The van der Waals surface area contributed by atoms with Crippen LogP contribution < -0.4 is 0 Å². The highest BCUT2D eigenvalue weighted by Crippen LogP contribution is 2.22. The van der Waals surface area contributed by atoms with Crippen molar-refractivity contribution < 1.29 is 4.79 Å². The van der Waals surface area contributed by atoms with Crippen molar-refractivity contribution in [1.82, 2.24) is 3.11 Å². The van der Waals surface area contributed by atoms with Gasteiger partial charge in [-0.3, -0.25) is 4.79 Å². The molecule has 0 spiro atoms. The third-order valence-electron chi connectivity index (χ3n) is 2.08. The summed E-state index contributed by atoms with van der Waals surface area (Å²) in [6.45, 7) is 2.83. The van der Waals surface area contributed by atoms with Gasteiger partial charge in [0.25, 0.3) is 0 Å². The smallest absolute Gasteiger partial charge is 0.131 e. The lowest BCUT2D eigenvalue weighted by atomic mass is 10.0. The maximum atomic E-state index is 10.8. The van der Waals surface area contributed by atoms with Crippen molar-refractivity contribution in [3.05, 3.63) is 0 Å². The van der Waals surface area contributed by atoms with Crippen LogP contribution in [0.4, 0.5) is 0 Å². The fourth-order valence-electron chi connectivity index (χ4n) is 1.50. The Bertz CT molecular complexity index is 149. The van der Waals surface area contributed by atoms with Crippen molar-refractivity contribution in [2.24, 2.45) is 0 Å². The van der Waals surface area contributed by atoms with Crippen LogP contribution in [0, 0.1) is 0 Å². The summed E-state index contributed by atoms with van der Waals surface area (Å²) < 4.78 is 2.28. The maximum absolute atomic E-state index is 10.8. The number of ketones is 1. The fraction of sp³-hybridized carbons (Fsp3) is 0.875. The number of hydrogen-bond donors (Lipinski definition) is 0. The molecule has 0 aromatic heterocycles. The van der Waals surface area contributed by atoms with Gasteiger partial charge in [0, 0.05) is 41.9 Å². The molecule has 1 rings (SSSR count). The molecule has 0 N–H and O–H groups in total. The Morgan fingerprint density at radius 1 is 1.64 bits per heavy atom. The summed E-state index contributed by atoms with van der Waals surface area (Å²) in [5.41, 5.74) is 0. The Hall–Kier alpha value is 0.360. The van der Waals surface area contributed by atoms with Gasteiger partial charge in [0.05, 0.1) is 0 Å². The van der Waals surface area contributed by atoms with E-state index in [1.165, 1.54) is 19.3 Å². The van der Waals surface area contributed by atoms with Crippen LogP contribution in [0.25, 0.3) is 0 Å². The number of carbonyl (C=O) groups is 1. The molecule has 0 aromatic carbocycles. The molecular formula is C8H14INO. The quantitative estimate of drug-likeness (QED) is 0.564. The summed E-state index contributed by atoms with van der Waals surface area (Å²) in [5, 5.41) is 0. The van der Waals surface area contributed by atoms with Crippen molar-refractivity contribution in [2.75, 3.05) is 6.54 Å². The normalized spacial score (nSPS) is 26.9. The molecule has 1 aliphatic heterocycles. The zero-order chi connectivity index (χ0) is 8.27. The Balaban J connectivity index is 2.35. The molecule has 0 amide bonds. The van der Waals surface area contributed by atoms with E-state index in [1.807, 2.05) is 0 Å². The van der Waals surface area contributed by atoms with Crippen LogP contribution in [0.2, 0.25) is 0 Å². The summed E-state index contributed by atoms with van der Waals surface area (Å²) in [6.07, 6.45) is 4.51. The number of hydrogen-bond acceptors (Lipinski definition) is 2. The predicted molar refractivity (Wildman–Crippen MR) is 53.7 cm³/mol. The van der Waals surface area contributed by atoms with Gasteiger partial charge < -0.3 is 0 Å². The maximum Gasteiger partial charge on any atom is 0.131 e. The van der Waals surface area contributed by atoms with Crippen molar-refractivity contribution in [2.45, 2.75) is 38.6 Å². The van der Waals surface area contributed by atoms with Crippen LogP contribution in [0.3, 0.4) is 0 Å². The van der Waals surface area contributed by atoms with E-state index >= 15 is 0 Å². The van der Waals surface area contributed by atoms with Crippen molar-refractivity contribution >= 4 is 28.6 Å². The minimum Gasteiger partial charge on any atom is -0.300 e. The topological polar surface area (TPSA) is 20.3 Å². The second kappa shape index (κ2) is 4.40. The van der Waals surface area contributed by atoms with Crippen LogP contribution >= 0.6 is 22.9 Å². The van der Waals surface area contributed by atoms with Gasteiger partial charge in [-0.25, -0.2) is 3.11 Å². The second-order valence-corrected chi connectivity index (χ2v) is 4.42. The highest BCUT2D eigenvalue weighted by atomic mass is 127. The molecular weight excluding hydrogens is 253 g/mol. The Kier molecular flexibility index (Phi) is 3.78. The molecule has 1 heterocycles. The van der Waals surface area contributed by atoms with E-state index in [9.17, 15) is 4.79 Å². The van der Waals surface area contributed by atoms with Gasteiger partial charge in [0.15, 0.2) is 0 Å². The van der Waals surface area contributed by atoms with Gasteiger partial charge >= 0.3 is 0 Å². The van der Waals surface area contributed by atoms with E-state index in [0.717, 1.165) is 13.0 Å². The molecule has 2 nitrogen and oxygen atoms in total. The zero-order valence-corrected chi connectivity index (χ0v) is 9.00. The minimum atomic E-state index is 0.318. The molecule has 1 fully saturated rings. The predicted octanol–water partition coefficient (Wildman–Crippen LogP) is 2.17. The van der Waals surface area contributed by atoms with Gasteiger partial charge in [-0.05, 0) is 19.8 Å². The molecule has 0 radical (unpaired) electrons. The van der Waals surface area contributed by atoms with Crippen LogP contribution in [0.5, 0.6) is 0 Å². The summed E-state index contributed by atoms with van der Waals surface area (Å²) in [4.78, 5) is 10.8. The average molecular weight is 267 g/mol. The summed E-state index contributed by atoms with van der Waals surface area (Å²) in [5.74, 6) is 0.318. The van der Waals surface area contributed by atoms with Crippen LogP contribution in [-0.2, 0) is 4.79 Å². The first kappa shape index (κ1) is 9.45. The third-order valence-corrected chi connectivity index (χ3v) is 3.35. The van der Waals surface area contributed by atoms with E-state index in [1.54, 1.807) is 6.92 Å². The standard InChI is InChI=1S/C8H14INO/c1-7(11)6-8-4-2-3-5-10(8)9/h8H,2-6H2,1H3/t8-/m0/s1. The first-order valence-corrected chi connectivity index (χ1v) is 5.08. The van der Waals surface area contributed by atoms with Gasteiger partial charge in [-0.15, -0.1) is 0 Å². The van der Waals surface area contributed by atoms with Crippen molar-refractivity contribution in [3.8, 4) is 0 Å². The Morgan fingerprint density at radius 3 is 2.91 bits per heavy atom. The lowest BCUT2D eigenvalue weighted by Crippen LogP contribution is -2.32. The average Bonchev–Trinajstić information content (AvgIpc) is 1.93. The lowest BCUT2D eigenvalue weighted by Gasteiger charge is -2.29. The monoisotopic (exact) mass is 267 g/mol. The van der Waals surface area contributed by atoms with Crippen LogP contribution in [-0.4, -0.2) is 21.5 Å². The molecule has 11 heavy (non-hydrogen) atoms. The molecule has 1 saturated heterocycles. The van der Waals surface area contributed by atoms with E-state index in [0.29, 0.717) is 11.8 Å². The molecule has 0 bridgehead atoms. The lowest BCUT2D eigenvalue weighted by molar-refractivity contribution is -0.117. The van der Waals surface area contributed by atoms with Crippen LogP contribution in [0.15, 0.2) is 0 Å². The molecule has 1 atom stereocenters. The summed E-state index contributed by atoms with van der Waals surface area (Å²) >= 11 is 2.33. The summed E-state index contributed by atoms with van der Waals surface area (Å²) in [7, 11) is 0. The number of rotatable bonds is 2. The Labute approximate surface area is 81.8 Å². The first-order valence-electron chi connectivity index (χ1n) is 4.12. The molecule has 0 saturated carbocycles.